The lowest BCUT2D eigenvalue weighted by molar-refractivity contribution is -0.150. The van der Waals surface area contributed by atoms with Gasteiger partial charge in [0.2, 0.25) is 17.7 Å². The highest BCUT2D eigenvalue weighted by Gasteiger charge is 2.77. The van der Waals surface area contributed by atoms with Crippen LogP contribution in [0, 0.1) is 23.2 Å². The van der Waals surface area contributed by atoms with Crippen LogP contribution in [0.3, 0.4) is 0 Å². The lowest BCUT2D eigenvalue weighted by Gasteiger charge is -2.47. The number of amides is 3. The third-order valence-corrected chi connectivity index (χ3v) is 13.5. The van der Waals surface area contributed by atoms with Crippen molar-refractivity contribution in [2.45, 2.75) is 107 Å². The van der Waals surface area contributed by atoms with Gasteiger partial charge < -0.3 is 19.8 Å². The summed E-state index contributed by atoms with van der Waals surface area (Å²) < 4.78 is -0.808. The number of aliphatic hydroxyl groups is 1. The van der Waals surface area contributed by atoms with Crippen molar-refractivity contribution in [2.24, 2.45) is 23.2 Å². The molecule has 3 unspecified atom stereocenters. The van der Waals surface area contributed by atoms with Crippen LogP contribution in [0.25, 0.3) is 0 Å². The number of carbonyl (C=O) groups excluding carboxylic acids is 3. The highest BCUT2D eigenvalue weighted by molar-refractivity contribution is 9.09. The predicted octanol–water partition coefficient (Wildman–Crippen LogP) is 6.30. The number of hydrogen-bond acceptors (Lipinski definition) is 5. The molecule has 1 aromatic carbocycles. The van der Waals surface area contributed by atoms with E-state index in [0.29, 0.717) is 26.1 Å². The molecule has 3 heterocycles. The first kappa shape index (κ1) is 36.7. The lowest BCUT2D eigenvalue weighted by atomic mass is 9.70. The van der Waals surface area contributed by atoms with Gasteiger partial charge in [0.05, 0.1) is 29.2 Å². The molecule has 1 spiro atoms. The van der Waals surface area contributed by atoms with E-state index in [1.807, 2.05) is 49.1 Å². The van der Waals surface area contributed by atoms with Gasteiger partial charge in [0.25, 0.3) is 0 Å². The van der Waals surface area contributed by atoms with E-state index in [1.165, 1.54) is 0 Å². The molecule has 1 aromatic rings. The van der Waals surface area contributed by atoms with E-state index in [1.54, 1.807) is 33.7 Å². The van der Waals surface area contributed by atoms with Crippen molar-refractivity contribution in [3.05, 3.63) is 61.2 Å². The second-order valence-corrected chi connectivity index (χ2v) is 18.0. The van der Waals surface area contributed by atoms with E-state index >= 15 is 4.79 Å². The summed E-state index contributed by atoms with van der Waals surface area (Å²) in [6, 6.07) is 8.50. The number of fused-ring (bicyclic) bond motifs is 1. The van der Waals surface area contributed by atoms with Crippen LogP contribution in [0.4, 0.5) is 0 Å². The van der Waals surface area contributed by atoms with Crippen molar-refractivity contribution in [2.75, 3.05) is 19.7 Å². The van der Waals surface area contributed by atoms with Crippen LogP contribution in [0.5, 0.6) is 0 Å². The maximum atomic E-state index is 15.2. The summed E-state index contributed by atoms with van der Waals surface area (Å²) in [5.74, 6) is -1.71. The fourth-order valence-electron chi connectivity index (χ4n) is 8.51. The van der Waals surface area contributed by atoms with Crippen LogP contribution in [0.2, 0.25) is 0 Å². The first-order valence-corrected chi connectivity index (χ1v) is 18.5. The molecule has 8 atom stereocenters. The molecule has 0 saturated carbocycles. The Balaban J connectivity index is 1.84. The van der Waals surface area contributed by atoms with Crippen LogP contribution in [-0.2, 0) is 20.9 Å². The summed E-state index contributed by atoms with van der Waals surface area (Å²) in [5, 5.41) is 10.6. The topological polar surface area (TPSA) is 81.2 Å². The first-order valence-electron chi connectivity index (χ1n) is 16.7. The molecule has 3 aliphatic heterocycles. The van der Waals surface area contributed by atoms with E-state index in [0.717, 1.165) is 18.4 Å². The minimum atomic E-state index is -0.815. The second-order valence-electron chi connectivity index (χ2n) is 15.3. The van der Waals surface area contributed by atoms with Gasteiger partial charge in [0, 0.05) is 35.3 Å². The minimum absolute atomic E-state index is 0.0404. The van der Waals surface area contributed by atoms with Crippen molar-refractivity contribution in [1.29, 1.82) is 0 Å². The Bertz CT molecular complexity index is 1300. The fourth-order valence-corrected chi connectivity index (χ4v) is 12.1. The lowest BCUT2D eigenvalue weighted by Crippen LogP contribution is -2.62. The number of rotatable bonds is 14. The molecule has 7 nitrogen and oxygen atoms in total. The fraction of sp³-hybridized carbons (Fsp3) is 0.649. The van der Waals surface area contributed by atoms with Gasteiger partial charge in [0.1, 0.15) is 6.04 Å². The Morgan fingerprint density at radius 2 is 1.76 bits per heavy atom. The van der Waals surface area contributed by atoms with E-state index in [2.05, 4.69) is 63.7 Å². The predicted molar refractivity (Wildman–Crippen MR) is 192 cm³/mol. The maximum absolute atomic E-state index is 15.2. The molecule has 4 rings (SSSR count). The molecule has 3 fully saturated rings. The van der Waals surface area contributed by atoms with Crippen molar-refractivity contribution >= 4 is 45.4 Å². The van der Waals surface area contributed by atoms with Gasteiger partial charge in [-0.2, -0.15) is 0 Å². The van der Waals surface area contributed by atoms with Crippen LogP contribution in [0.1, 0.15) is 73.3 Å². The number of nitrogens with zero attached hydrogens (tertiary/aromatic N) is 3. The molecule has 0 radical (unpaired) electrons. The van der Waals surface area contributed by atoms with Gasteiger partial charge in [-0.3, -0.25) is 14.4 Å². The Morgan fingerprint density at radius 3 is 2.30 bits per heavy atom. The Morgan fingerprint density at radius 1 is 1.13 bits per heavy atom. The largest absolute Gasteiger partial charge is 0.394 e. The second kappa shape index (κ2) is 14.2. The van der Waals surface area contributed by atoms with Gasteiger partial charge in [-0.05, 0) is 43.6 Å². The van der Waals surface area contributed by atoms with E-state index in [-0.39, 0.29) is 45.7 Å². The van der Waals surface area contributed by atoms with E-state index in [9.17, 15) is 14.7 Å². The minimum Gasteiger partial charge on any atom is -0.394 e. The number of thioether (sulfide) groups is 1. The maximum Gasteiger partial charge on any atom is 0.247 e. The summed E-state index contributed by atoms with van der Waals surface area (Å²) >= 11 is 5.57. The third kappa shape index (κ3) is 6.75. The zero-order chi connectivity index (χ0) is 34.2. The molecular weight excluding hydrogens is 662 g/mol. The van der Waals surface area contributed by atoms with E-state index in [4.69, 9.17) is 0 Å². The number of halogens is 1. The Hall–Kier alpha value is -2.10. The van der Waals surface area contributed by atoms with Crippen molar-refractivity contribution < 1.29 is 19.5 Å². The van der Waals surface area contributed by atoms with Gasteiger partial charge in [0.15, 0.2) is 0 Å². The highest BCUT2D eigenvalue weighted by Crippen LogP contribution is 2.68. The Labute approximate surface area is 289 Å². The normalized spacial score (nSPS) is 28.5. The quantitative estimate of drug-likeness (QED) is 0.181. The summed E-state index contributed by atoms with van der Waals surface area (Å²) in [6.07, 6.45) is 5.57. The number of hydrogen-bond donors (Lipinski definition) is 1. The number of aliphatic hydroxyl groups excluding tert-OH is 1. The van der Waals surface area contributed by atoms with Crippen LogP contribution in [0.15, 0.2) is 55.6 Å². The molecule has 0 aromatic heterocycles. The number of alkyl halides is 1. The van der Waals surface area contributed by atoms with E-state index < -0.39 is 34.2 Å². The molecule has 3 aliphatic rings. The van der Waals surface area contributed by atoms with Crippen LogP contribution in [-0.4, -0.2) is 89.7 Å². The molecule has 3 saturated heterocycles. The molecule has 3 amide bonds. The van der Waals surface area contributed by atoms with Crippen LogP contribution >= 0.6 is 27.7 Å². The molecule has 46 heavy (non-hydrogen) atoms. The SMILES string of the molecule is C=CCN(Cc1ccccc1)C(=O)[C@H]1[C@H]2C(=O)N([C@@H](CO)[C@@H](C)CC)C(C(=O)N(CC=C)C(C)(C)CC(C)(C)C)C23CC(Br)[C@@H]1S3. The summed E-state index contributed by atoms with van der Waals surface area (Å²) in [6.45, 7) is 23.5. The molecule has 1 N–H and O–H groups in total. The Kier molecular flexibility index (Phi) is 11.3. The number of benzene rings is 1. The zero-order valence-electron chi connectivity index (χ0n) is 28.7. The standard InChI is InChI=1S/C37H54BrN3O4S/c1-10-18-39(21-25-16-14-13-15-17-25)32(43)28-29-33(44)41(27(22-42)24(4)12-3)31(37(29)20-26(38)30(28)46-37)34(45)40(19-11-2)36(8,9)23-35(5,6)7/h10-11,13-17,24,26-31,42H,1-2,12,18-23H2,3-9H3/t24-,26?,27-,28-,29-,30-,31?,37?/m0/s1. The average molecular weight is 717 g/mol. The smallest absolute Gasteiger partial charge is 0.247 e. The third-order valence-electron chi connectivity index (χ3n) is 10.2. The van der Waals surface area contributed by atoms with Gasteiger partial charge >= 0.3 is 0 Å². The number of likely N-dealkylation sites (tertiary alicyclic amines) is 1. The summed E-state index contributed by atoms with van der Waals surface area (Å²) in [7, 11) is 0. The highest BCUT2D eigenvalue weighted by atomic mass is 79.9. The van der Waals surface area contributed by atoms with Crippen LogP contribution < -0.4 is 0 Å². The van der Waals surface area contributed by atoms with Crippen molar-refractivity contribution in [3.63, 3.8) is 0 Å². The molecule has 9 heteroatoms. The molecule has 0 aliphatic carbocycles. The summed E-state index contributed by atoms with van der Waals surface area (Å²) in [5.41, 5.74) is 0.425. The first-order chi connectivity index (χ1) is 21.6. The average Bonchev–Trinajstić information content (AvgIpc) is 3.58. The van der Waals surface area contributed by atoms with Crippen molar-refractivity contribution in [1.82, 2.24) is 14.7 Å². The summed E-state index contributed by atoms with van der Waals surface area (Å²) in [4.78, 5) is 50.1. The van der Waals surface area contributed by atoms with Gasteiger partial charge in [-0.25, -0.2) is 0 Å². The van der Waals surface area contributed by atoms with Gasteiger partial charge in [-0.1, -0.05) is 99.5 Å². The molecule has 2 bridgehead atoms. The monoisotopic (exact) mass is 715 g/mol. The van der Waals surface area contributed by atoms with Gasteiger partial charge in [-0.15, -0.1) is 24.9 Å². The zero-order valence-corrected chi connectivity index (χ0v) is 31.1. The number of carbonyl (C=O) groups is 3. The van der Waals surface area contributed by atoms with Crippen molar-refractivity contribution in [3.8, 4) is 0 Å². The molecular formula is C37H54BrN3O4S. The molecule has 254 valence electrons.